The van der Waals surface area contributed by atoms with Crippen molar-refractivity contribution >= 4 is 16.3 Å². The van der Waals surface area contributed by atoms with E-state index >= 15 is 0 Å². The van der Waals surface area contributed by atoms with Crippen LogP contribution >= 0.6 is 0 Å². The smallest absolute Gasteiger partial charge is 0.00934 e. The van der Waals surface area contributed by atoms with Crippen molar-refractivity contribution in [2.24, 2.45) is 0 Å². The highest BCUT2D eigenvalue weighted by atomic mass is 14.3. The lowest BCUT2D eigenvalue weighted by molar-refractivity contribution is 0.689. The first-order chi connectivity index (χ1) is 7.59. The van der Waals surface area contributed by atoms with E-state index in [4.69, 9.17) is 0 Å². The Morgan fingerprint density at radius 2 is 1.69 bits per heavy atom. The van der Waals surface area contributed by atoms with Crippen molar-refractivity contribution < 1.29 is 0 Å². The SMILES string of the molecule is CC1=CC(C)(C)c2c1ccc1ccccc21. The molecule has 0 nitrogen and oxygen atoms in total. The minimum Gasteiger partial charge on any atom is -0.0709 e. The number of benzene rings is 2. The van der Waals surface area contributed by atoms with E-state index in [-0.39, 0.29) is 5.41 Å². The van der Waals surface area contributed by atoms with Crippen LogP contribution in [0.3, 0.4) is 0 Å². The molecule has 1 aliphatic rings. The first-order valence-electron chi connectivity index (χ1n) is 5.82. The number of hydrogen-bond acceptors (Lipinski definition) is 0. The summed E-state index contributed by atoms with van der Waals surface area (Å²) < 4.78 is 0. The molecule has 0 heteroatoms. The highest BCUT2D eigenvalue weighted by Gasteiger charge is 2.29. The minimum absolute atomic E-state index is 0.167. The summed E-state index contributed by atoms with van der Waals surface area (Å²) in [6.45, 7) is 6.81. The van der Waals surface area contributed by atoms with Crippen molar-refractivity contribution in [1.82, 2.24) is 0 Å². The van der Waals surface area contributed by atoms with E-state index in [0.717, 1.165) is 0 Å². The van der Waals surface area contributed by atoms with Gasteiger partial charge in [-0.1, -0.05) is 56.3 Å². The second kappa shape index (κ2) is 2.98. The van der Waals surface area contributed by atoms with Crippen molar-refractivity contribution in [3.05, 3.63) is 53.6 Å². The second-order valence-corrected chi connectivity index (χ2v) is 5.26. The highest BCUT2D eigenvalue weighted by Crippen LogP contribution is 2.43. The molecule has 0 fully saturated rings. The van der Waals surface area contributed by atoms with Crippen LogP contribution in [0.15, 0.2) is 42.5 Å². The Morgan fingerprint density at radius 3 is 2.50 bits per heavy atom. The van der Waals surface area contributed by atoms with E-state index in [9.17, 15) is 0 Å². The second-order valence-electron chi connectivity index (χ2n) is 5.26. The summed E-state index contributed by atoms with van der Waals surface area (Å²) in [5.41, 5.74) is 4.48. The molecule has 0 saturated carbocycles. The molecule has 0 aromatic heterocycles. The molecule has 0 spiro atoms. The van der Waals surface area contributed by atoms with Crippen LogP contribution in [0.25, 0.3) is 16.3 Å². The van der Waals surface area contributed by atoms with Gasteiger partial charge in [-0.25, -0.2) is 0 Å². The third kappa shape index (κ3) is 1.16. The van der Waals surface area contributed by atoms with E-state index < -0.39 is 0 Å². The molecule has 0 N–H and O–H groups in total. The fourth-order valence-electron chi connectivity index (χ4n) is 2.99. The fraction of sp³-hybridized carbons (Fsp3) is 0.250. The Morgan fingerprint density at radius 1 is 0.938 bits per heavy atom. The van der Waals surface area contributed by atoms with Gasteiger partial charge in [-0.2, -0.15) is 0 Å². The van der Waals surface area contributed by atoms with Gasteiger partial charge in [0.05, 0.1) is 0 Å². The predicted octanol–water partition coefficient (Wildman–Crippen LogP) is 4.53. The molecule has 16 heavy (non-hydrogen) atoms. The molecule has 0 aliphatic heterocycles. The quantitative estimate of drug-likeness (QED) is 0.596. The summed E-state index contributed by atoms with van der Waals surface area (Å²) in [5, 5.41) is 2.75. The van der Waals surface area contributed by atoms with Crippen molar-refractivity contribution in [3.8, 4) is 0 Å². The van der Waals surface area contributed by atoms with Crippen LogP contribution in [0, 0.1) is 0 Å². The van der Waals surface area contributed by atoms with Gasteiger partial charge in [0.2, 0.25) is 0 Å². The Bertz CT molecular complexity index is 600. The van der Waals surface area contributed by atoms with Gasteiger partial charge in [0.25, 0.3) is 0 Å². The third-order valence-corrected chi connectivity index (χ3v) is 3.58. The Hall–Kier alpha value is -1.56. The molecule has 0 amide bonds. The van der Waals surface area contributed by atoms with Gasteiger partial charge in [0.15, 0.2) is 0 Å². The summed E-state index contributed by atoms with van der Waals surface area (Å²) in [6.07, 6.45) is 2.38. The first kappa shape index (κ1) is 9.65. The molecular formula is C16H16. The minimum atomic E-state index is 0.167. The maximum Gasteiger partial charge on any atom is 0.00934 e. The molecule has 2 aromatic rings. The van der Waals surface area contributed by atoms with Crippen LogP contribution in [-0.4, -0.2) is 0 Å². The topological polar surface area (TPSA) is 0 Å². The van der Waals surface area contributed by atoms with Gasteiger partial charge >= 0.3 is 0 Å². The summed E-state index contributed by atoms with van der Waals surface area (Å²) >= 11 is 0. The molecule has 1 aliphatic carbocycles. The molecule has 0 atom stereocenters. The van der Waals surface area contributed by atoms with Crippen molar-refractivity contribution in [1.29, 1.82) is 0 Å². The highest BCUT2D eigenvalue weighted by molar-refractivity contribution is 5.94. The average molecular weight is 208 g/mol. The molecule has 0 radical (unpaired) electrons. The molecular weight excluding hydrogens is 192 g/mol. The number of rotatable bonds is 0. The predicted molar refractivity (Wildman–Crippen MR) is 70.6 cm³/mol. The molecule has 0 bridgehead atoms. The van der Waals surface area contributed by atoms with Crippen LogP contribution in [0.4, 0.5) is 0 Å². The van der Waals surface area contributed by atoms with E-state index in [1.54, 1.807) is 0 Å². The lowest BCUT2D eigenvalue weighted by Gasteiger charge is -2.20. The molecule has 0 saturated heterocycles. The largest absolute Gasteiger partial charge is 0.0709 e. The first-order valence-corrected chi connectivity index (χ1v) is 5.82. The van der Waals surface area contributed by atoms with E-state index in [1.807, 2.05) is 0 Å². The number of fused-ring (bicyclic) bond motifs is 3. The van der Waals surface area contributed by atoms with Crippen LogP contribution < -0.4 is 0 Å². The Labute approximate surface area is 96.6 Å². The standard InChI is InChI=1S/C16H16/c1-11-10-16(2,3)15-13(11)9-8-12-6-4-5-7-14(12)15/h4-10H,1-3H3. The molecule has 2 aromatic carbocycles. The molecule has 80 valence electrons. The number of allylic oxidation sites excluding steroid dienone is 2. The van der Waals surface area contributed by atoms with Gasteiger partial charge in [-0.05, 0) is 34.4 Å². The Kier molecular flexibility index (Phi) is 1.79. The van der Waals surface area contributed by atoms with Crippen LogP contribution in [-0.2, 0) is 5.41 Å². The maximum absolute atomic E-state index is 2.38. The van der Waals surface area contributed by atoms with Crippen LogP contribution in [0.2, 0.25) is 0 Å². The van der Waals surface area contributed by atoms with E-state index in [1.165, 1.54) is 27.5 Å². The summed E-state index contributed by atoms with van der Waals surface area (Å²) in [4.78, 5) is 0. The monoisotopic (exact) mass is 208 g/mol. The summed E-state index contributed by atoms with van der Waals surface area (Å²) in [7, 11) is 0. The lowest BCUT2D eigenvalue weighted by Crippen LogP contribution is -2.11. The molecule has 3 rings (SSSR count). The van der Waals surface area contributed by atoms with Crippen molar-refractivity contribution in [2.45, 2.75) is 26.2 Å². The van der Waals surface area contributed by atoms with Gasteiger partial charge in [-0.3, -0.25) is 0 Å². The molecule has 0 heterocycles. The maximum atomic E-state index is 2.38. The fourth-order valence-corrected chi connectivity index (χ4v) is 2.99. The van der Waals surface area contributed by atoms with Gasteiger partial charge in [0, 0.05) is 5.41 Å². The van der Waals surface area contributed by atoms with Gasteiger partial charge in [0.1, 0.15) is 0 Å². The van der Waals surface area contributed by atoms with Gasteiger partial charge in [-0.15, -0.1) is 0 Å². The van der Waals surface area contributed by atoms with Crippen molar-refractivity contribution in [2.75, 3.05) is 0 Å². The van der Waals surface area contributed by atoms with Crippen LogP contribution in [0.1, 0.15) is 31.9 Å². The van der Waals surface area contributed by atoms with E-state index in [0.29, 0.717) is 0 Å². The third-order valence-electron chi connectivity index (χ3n) is 3.58. The van der Waals surface area contributed by atoms with Crippen molar-refractivity contribution in [3.63, 3.8) is 0 Å². The number of hydrogen-bond donors (Lipinski definition) is 0. The Balaban J connectivity index is 2.46. The van der Waals surface area contributed by atoms with Crippen LogP contribution in [0.5, 0.6) is 0 Å². The summed E-state index contributed by atoms with van der Waals surface area (Å²) in [6, 6.07) is 13.2. The summed E-state index contributed by atoms with van der Waals surface area (Å²) in [5.74, 6) is 0. The normalized spacial score (nSPS) is 17.3. The lowest BCUT2D eigenvalue weighted by atomic mass is 9.84. The zero-order valence-corrected chi connectivity index (χ0v) is 10.0. The average Bonchev–Trinajstić information content (AvgIpc) is 2.49. The zero-order chi connectivity index (χ0) is 11.3. The van der Waals surface area contributed by atoms with Gasteiger partial charge < -0.3 is 0 Å². The molecule has 0 unspecified atom stereocenters. The zero-order valence-electron chi connectivity index (χ0n) is 10.0. The van der Waals surface area contributed by atoms with E-state index in [2.05, 4.69) is 63.2 Å².